The van der Waals surface area contributed by atoms with Crippen molar-refractivity contribution < 1.29 is 23.8 Å². The van der Waals surface area contributed by atoms with Crippen LogP contribution in [0.2, 0.25) is 0 Å². The van der Waals surface area contributed by atoms with Crippen LogP contribution in [0.15, 0.2) is 54.9 Å². The van der Waals surface area contributed by atoms with Gasteiger partial charge in [-0.25, -0.2) is 4.79 Å². The number of carbonyl (C=O) groups excluding carboxylic acids is 2. The molecule has 2 aromatic rings. The van der Waals surface area contributed by atoms with Crippen LogP contribution in [0.5, 0.6) is 0 Å². The van der Waals surface area contributed by atoms with E-state index >= 15 is 0 Å². The van der Waals surface area contributed by atoms with Gasteiger partial charge in [-0.15, -0.1) is 0 Å². The average molecular weight is 342 g/mol. The van der Waals surface area contributed by atoms with E-state index in [1.54, 1.807) is 29.2 Å². The van der Waals surface area contributed by atoms with Gasteiger partial charge in [0.25, 0.3) is 5.91 Å². The van der Waals surface area contributed by atoms with Crippen molar-refractivity contribution in [3.63, 3.8) is 0 Å². The van der Waals surface area contributed by atoms with Crippen LogP contribution in [0, 0.1) is 5.21 Å². The minimum absolute atomic E-state index is 0.211. The van der Waals surface area contributed by atoms with Crippen LogP contribution in [-0.4, -0.2) is 43.1 Å². The SMILES string of the molecule is O=C(O[C@@H](C(=O)N1CCOCC1)c1ccccc1)c1cc[n+]([O-])cc1. The predicted octanol–water partition coefficient (Wildman–Crippen LogP) is 1.08. The van der Waals surface area contributed by atoms with Gasteiger partial charge in [0.15, 0.2) is 12.4 Å². The zero-order valence-electron chi connectivity index (χ0n) is 13.5. The number of morpholine rings is 1. The highest BCUT2D eigenvalue weighted by Crippen LogP contribution is 2.22. The summed E-state index contributed by atoms with van der Waals surface area (Å²) in [6.45, 7) is 1.84. The number of esters is 1. The molecule has 1 aromatic carbocycles. The van der Waals surface area contributed by atoms with Crippen molar-refractivity contribution in [3.8, 4) is 0 Å². The Morgan fingerprint density at radius 2 is 1.72 bits per heavy atom. The number of carbonyl (C=O) groups is 2. The molecule has 0 unspecified atom stereocenters. The van der Waals surface area contributed by atoms with Gasteiger partial charge in [0.2, 0.25) is 6.10 Å². The second-order valence-corrected chi connectivity index (χ2v) is 5.58. The first-order valence-corrected chi connectivity index (χ1v) is 7.96. The maximum absolute atomic E-state index is 12.9. The zero-order valence-corrected chi connectivity index (χ0v) is 13.5. The van der Waals surface area contributed by atoms with Crippen LogP contribution >= 0.6 is 0 Å². The molecule has 7 nitrogen and oxygen atoms in total. The lowest BCUT2D eigenvalue weighted by molar-refractivity contribution is -0.605. The highest BCUT2D eigenvalue weighted by Gasteiger charge is 2.30. The van der Waals surface area contributed by atoms with E-state index < -0.39 is 12.1 Å². The van der Waals surface area contributed by atoms with Gasteiger partial charge in [0, 0.05) is 30.8 Å². The predicted molar refractivity (Wildman–Crippen MR) is 87.4 cm³/mol. The maximum atomic E-state index is 12.9. The largest absolute Gasteiger partial charge is 0.619 e. The van der Waals surface area contributed by atoms with E-state index in [9.17, 15) is 14.8 Å². The quantitative estimate of drug-likeness (QED) is 0.472. The highest BCUT2D eigenvalue weighted by atomic mass is 16.5. The first-order valence-electron chi connectivity index (χ1n) is 7.96. The van der Waals surface area contributed by atoms with Crippen LogP contribution in [0.3, 0.4) is 0 Å². The van der Waals surface area contributed by atoms with Crippen LogP contribution in [-0.2, 0) is 14.3 Å². The van der Waals surface area contributed by atoms with Crippen molar-refractivity contribution in [2.24, 2.45) is 0 Å². The van der Waals surface area contributed by atoms with Crippen molar-refractivity contribution in [3.05, 3.63) is 71.2 Å². The van der Waals surface area contributed by atoms with Gasteiger partial charge in [0.05, 0.1) is 18.8 Å². The number of pyridine rings is 1. The lowest BCUT2D eigenvalue weighted by Crippen LogP contribution is -2.44. The lowest BCUT2D eigenvalue weighted by Gasteiger charge is -2.30. The Kier molecular flexibility index (Phi) is 5.25. The van der Waals surface area contributed by atoms with E-state index in [1.165, 1.54) is 24.5 Å². The first kappa shape index (κ1) is 16.9. The molecule has 3 rings (SSSR count). The molecule has 0 radical (unpaired) electrons. The van der Waals surface area contributed by atoms with E-state index in [0.29, 0.717) is 36.6 Å². The molecule has 1 atom stereocenters. The number of ether oxygens (including phenoxy) is 2. The normalized spacial score (nSPS) is 15.4. The zero-order chi connectivity index (χ0) is 17.6. The van der Waals surface area contributed by atoms with Crippen molar-refractivity contribution >= 4 is 11.9 Å². The molecule has 1 aliphatic heterocycles. The summed E-state index contributed by atoms with van der Waals surface area (Å²) in [5.41, 5.74) is 0.810. The minimum atomic E-state index is -1.04. The van der Waals surface area contributed by atoms with Crippen LogP contribution in [0.1, 0.15) is 22.0 Å². The van der Waals surface area contributed by atoms with Crippen molar-refractivity contribution in [1.29, 1.82) is 0 Å². The summed E-state index contributed by atoms with van der Waals surface area (Å²) >= 11 is 0. The van der Waals surface area contributed by atoms with E-state index in [2.05, 4.69) is 0 Å². The molecule has 0 aliphatic carbocycles. The standard InChI is InChI=1S/C18H18N2O5/c21-17(19-10-12-24-13-11-19)16(14-4-2-1-3-5-14)25-18(22)15-6-8-20(23)9-7-15/h1-9,16H,10-13H2/t16-/m1/s1. The molecule has 1 aromatic heterocycles. The number of amides is 1. The molecular weight excluding hydrogens is 324 g/mol. The number of nitrogens with zero attached hydrogens (tertiary/aromatic N) is 2. The van der Waals surface area contributed by atoms with E-state index in [0.717, 1.165) is 0 Å². The molecule has 0 spiro atoms. The van der Waals surface area contributed by atoms with Gasteiger partial charge in [-0.2, -0.15) is 4.73 Å². The summed E-state index contributed by atoms with van der Waals surface area (Å²) < 4.78 is 11.3. The summed E-state index contributed by atoms with van der Waals surface area (Å²) in [6.07, 6.45) is 1.38. The number of rotatable bonds is 4. The van der Waals surface area contributed by atoms with Gasteiger partial charge < -0.3 is 19.6 Å². The molecule has 1 amide bonds. The van der Waals surface area contributed by atoms with Crippen molar-refractivity contribution in [1.82, 2.24) is 4.90 Å². The topological polar surface area (TPSA) is 82.8 Å². The Hall–Kier alpha value is -2.93. The van der Waals surface area contributed by atoms with E-state index in [-0.39, 0.29) is 11.5 Å². The van der Waals surface area contributed by atoms with Gasteiger partial charge >= 0.3 is 5.97 Å². The highest BCUT2D eigenvalue weighted by molar-refractivity contribution is 5.92. The molecule has 2 heterocycles. The second-order valence-electron chi connectivity index (χ2n) is 5.58. The Morgan fingerprint density at radius 3 is 2.36 bits per heavy atom. The summed E-state index contributed by atoms with van der Waals surface area (Å²) in [6, 6.07) is 11.6. The number of hydrogen-bond acceptors (Lipinski definition) is 5. The van der Waals surface area contributed by atoms with Gasteiger partial charge in [-0.3, -0.25) is 4.79 Å². The first-order chi connectivity index (χ1) is 12.1. The third-order valence-corrected chi connectivity index (χ3v) is 3.91. The van der Waals surface area contributed by atoms with Gasteiger partial charge in [-0.05, 0) is 0 Å². The van der Waals surface area contributed by atoms with Crippen molar-refractivity contribution in [2.75, 3.05) is 26.3 Å². The summed E-state index contributed by atoms with van der Waals surface area (Å²) in [4.78, 5) is 26.9. The molecule has 0 saturated carbocycles. The summed E-state index contributed by atoms with van der Waals surface area (Å²) in [5.74, 6) is -0.936. The monoisotopic (exact) mass is 342 g/mol. The number of aromatic nitrogens is 1. The fourth-order valence-corrected chi connectivity index (χ4v) is 2.56. The minimum Gasteiger partial charge on any atom is -0.619 e. The molecule has 130 valence electrons. The molecule has 0 bridgehead atoms. The van der Waals surface area contributed by atoms with E-state index in [1.807, 2.05) is 6.07 Å². The third kappa shape index (κ3) is 4.13. The van der Waals surface area contributed by atoms with Crippen LogP contribution in [0.25, 0.3) is 0 Å². The Morgan fingerprint density at radius 1 is 1.08 bits per heavy atom. The van der Waals surface area contributed by atoms with Crippen LogP contribution < -0.4 is 4.73 Å². The molecule has 0 N–H and O–H groups in total. The summed E-state index contributed by atoms with van der Waals surface area (Å²) in [7, 11) is 0. The fourth-order valence-electron chi connectivity index (χ4n) is 2.56. The smallest absolute Gasteiger partial charge is 0.339 e. The molecule has 25 heavy (non-hydrogen) atoms. The van der Waals surface area contributed by atoms with Gasteiger partial charge in [0.1, 0.15) is 0 Å². The Labute approximate surface area is 145 Å². The second kappa shape index (κ2) is 7.76. The summed E-state index contributed by atoms with van der Waals surface area (Å²) in [5, 5.41) is 11.1. The lowest BCUT2D eigenvalue weighted by atomic mass is 10.1. The molecular formula is C18H18N2O5. The third-order valence-electron chi connectivity index (χ3n) is 3.91. The molecule has 1 aliphatic rings. The molecule has 1 saturated heterocycles. The molecule has 1 fully saturated rings. The van der Waals surface area contributed by atoms with Gasteiger partial charge in [-0.1, -0.05) is 30.3 Å². The Balaban J connectivity index is 1.82. The fraction of sp³-hybridized carbons (Fsp3) is 0.278. The Bertz CT molecular complexity index is 727. The maximum Gasteiger partial charge on any atom is 0.339 e. The van der Waals surface area contributed by atoms with Crippen LogP contribution in [0.4, 0.5) is 0 Å². The molecule has 7 heteroatoms. The number of hydrogen-bond donors (Lipinski definition) is 0. The van der Waals surface area contributed by atoms with Crippen molar-refractivity contribution in [2.45, 2.75) is 6.10 Å². The average Bonchev–Trinajstić information content (AvgIpc) is 2.67. The van der Waals surface area contributed by atoms with E-state index in [4.69, 9.17) is 9.47 Å². The number of benzene rings is 1.